The summed E-state index contributed by atoms with van der Waals surface area (Å²) in [6, 6.07) is 6.69. The summed E-state index contributed by atoms with van der Waals surface area (Å²) in [6.07, 6.45) is 3.64. The normalized spacial score (nSPS) is 13.8. The Morgan fingerprint density at radius 1 is 1.38 bits per heavy atom. The van der Waals surface area contributed by atoms with Gasteiger partial charge in [0.1, 0.15) is 0 Å². The van der Waals surface area contributed by atoms with Crippen LogP contribution < -0.4 is 0 Å². The Hall–Kier alpha value is -1.72. The first-order valence-corrected chi connectivity index (χ1v) is 6.98. The van der Waals surface area contributed by atoms with Gasteiger partial charge in [0.15, 0.2) is 0 Å². The van der Waals surface area contributed by atoms with Crippen LogP contribution >= 0.6 is 0 Å². The van der Waals surface area contributed by atoms with Crippen LogP contribution in [0.5, 0.6) is 0 Å². The Labute approximate surface area is 126 Å². The van der Waals surface area contributed by atoms with E-state index in [9.17, 15) is 15.2 Å². The highest BCUT2D eigenvalue weighted by Gasteiger charge is 2.26. The molecule has 1 aromatic carbocycles. The minimum Gasteiger partial charge on any atom is -0.395 e. The molecule has 0 amide bonds. The monoisotopic (exact) mass is 292 g/mol. The van der Waals surface area contributed by atoms with Crippen molar-refractivity contribution >= 4 is 11.8 Å². The van der Waals surface area contributed by atoms with E-state index in [1.54, 1.807) is 24.3 Å². The number of nitro groups is 1. The topological polar surface area (TPSA) is 66.6 Å². The van der Waals surface area contributed by atoms with Crippen LogP contribution in [-0.4, -0.2) is 41.2 Å². The van der Waals surface area contributed by atoms with Crippen molar-refractivity contribution in [2.75, 3.05) is 20.2 Å². The lowest BCUT2D eigenvalue weighted by Crippen LogP contribution is -2.44. The highest BCUT2D eigenvalue weighted by molar-refractivity contribution is 5.60. The predicted octanol–water partition coefficient (Wildman–Crippen LogP) is 2.95. The molecule has 0 heterocycles. The van der Waals surface area contributed by atoms with Crippen LogP contribution in [0.2, 0.25) is 0 Å². The summed E-state index contributed by atoms with van der Waals surface area (Å²) >= 11 is 0. The SMILES string of the molecule is CN(C/C=C/c1ccccc1[N+](=O)[O-])C(CO)C(C)(C)C. The molecule has 0 aliphatic rings. The molecular weight excluding hydrogens is 268 g/mol. The second-order valence-electron chi connectivity index (χ2n) is 6.22. The molecule has 1 aromatic rings. The zero-order valence-electron chi connectivity index (χ0n) is 13.1. The van der Waals surface area contributed by atoms with E-state index in [1.165, 1.54) is 6.07 Å². The van der Waals surface area contributed by atoms with Gasteiger partial charge in [-0.15, -0.1) is 0 Å². The third kappa shape index (κ3) is 4.95. The van der Waals surface area contributed by atoms with Gasteiger partial charge in [-0.1, -0.05) is 45.1 Å². The van der Waals surface area contributed by atoms with E-state index in [-0.39, 0.29) is 28.7 Å². The van der Waals surface area contributed by atoms with Gasteiger partial charge < -0.3 is 5.11 Å². The number of likely N-dealkylation sites (N-methyl/N-ethyl adjacent to an activating group) is 1. The molecule has 1 unspecified atom stereocenters. The minimum absolute atomic E-state index is 0.0317. The smallest absolute Gasteiger partial charge is 0.276 e. The molecular formula is C16H24N2O3. The van der Waals surface area contributed by atoms with Crippen molar-refractivity contribution in [2.24, 2.45) is 5.41 Å². The van der Waals surface area contributed by atoms with Crippen LogP contribution in [0.25, 0.3) is 6.08 Å². The lowest BCUT2D eigenvalue weighted by atomic mass is 9.86. The number of aliphatic hydroxyl groups is 1. The summed E-state index contributed by atoms with van der Waals surface area (Å²) in [5.41, 5.74) is 0.661. The van der Waals surface area contributed by atoms with Crippen molar-refractivity contribution in [1.29, 1.82) is 0 Å². The molecule has 0 bridgehead atoms. The maximum absolute atomic E-state index is 10.9. The van der Waals surface area contributed by atoms with Crippen molar-refractivity contribution in [3.8, 4) is 0 Å². The maximum Gasteiger partial charge on any atom is 0.276 e. The van der Waals surface area contributed by atoms with Crippen LogP contribution in [0.1, 0.15) is 26.3 Å². The average Bonchev–Trinajstić information content (AvgIpc) is 2.38. The summed E-state index contributed by atoms with van der Waals surface area (Å²) in [5, 5.41) is 20.4. The third-order valence-corrected chi connectivity index (χ3v) is 3.53. The number of rotatable bonds is 6. The van der Waals surface area contributed by atoms with Crippen molar-refractivity contribution < 1.29 is 10.0 Å². The second kappa shape index (κ2) is 7.33. The molecule has 0 saturated carbocycles. The van der Waals surface area contributed by atoms with Crippen molar-refractivity contribution in [3.05, 3.63) is 46.0 Å². The largest absolute Gasteiger partial charge is 0.395 e. The third-order valence-electron chi connectivity index (χ3n) is 3.53. The second-order valence-corrected chi connectivity index (χ2v) is 6.22. The fraction of sp³-hybridized carbons (Fsp3) is 0.500. The van der Waals surface area contributed by atoms with Gasteiger partial charge in [0.2, 0.25) is 0 Å². The van der Waals surface area contributed by atoms with E-state index in [0.717, 1.165) is 0 Å². The zero-order chi connectivity index (χ0) is 16.0. The first kappa shape index (κ1) is 17.3. The molecule has 21 heavy (non-hydrogen) atoms. The van der Waals surface area contributed by atoms with Crippen LogP contribution in [0.3, 0.4) is 0 Å². The van der Waals surface area contributed by atoms with E-state index in [1.807, 2.05) is 18.0 Å². The van der Waals surface area contributed by atoms with E-state index in [4.69, 9.17) is 0 Å². The van der Waals surface area contributed by atoms with E-state index in [0.29, 0.717) is 12.1 Å². The van der Waals surface area contributed by atoms with Gasteiger partial charge in [0.25, 0.3) is 5.69 Å². The highest BCUT2D eigenvalue weighted by atomic mass is 16.6. The molecule has 0 saturated heterocycles. The predicted molar refractivity (Wildman–Crippen MR) is 85.1 cm³/mol. The number of para-hydroxylation sites is 1. The molecule has 0 spiro atoms. The summed E-state index contributed by atoms with van der Waals surface area (Å²) in [7, 11) is 1.94. The highest BCUT2D eigenvalue weighted by Crippen LogP contribution is 2.23. The van der Waals surface area contributed by atoms with E-state index < -0.39 is 0 Å². The van der Waals surface area contributed by atoms with Gasteiger partial charge in [0.05, 0.1) is 17.1 Å². The number of hydrogen-bond acceptors (Lipinski definition) is 4. The molecule has 0 aliphatic heterocycles. The average molecular weight is 292 g/mol. The number of benzene rings is 1. The minimum atomic E-state index is -0.380. The molecule has 0 aromatic heterocycles. The molecule has 116 valence electrons. The van der Waals surface area contributed by atoms with Crippen LogP contribution in [0.4, 0.5) is 5.69 Å². The van der Waals surface area contributed by atoms with Gasteiger partial charge in [0, 0.05) is 18.7 Å². The molecule has 5 nitrogen and oxygen atoms in total. The Balaban J connectivity index is 2.77. The number of aliphatic hydroxyl groups excluding tert-OH is 1. The van der Waals surface area contributed by atoms with Gasteiger partial charge in [-0.05, 0) is 18.5 Å². The maximum atomic E-state index is 10.9. The van der Waals surface area contributed by atoms with Gasteiger partial charge >= 0.3 is 0 Å². The first-order chi connectivity index (χ1) is 9.77. The molecule has 1 atom stereocenters. The standard InChI is InChI=1S/C16H24N2O3/c1-16(2,3)15(12-19)17(4)11-7-9-13-8-5-6-10-14(13)18(20)21/h5-10,15,19H,11-12H2,1-4H3/b9-7+. The summed E-state index contributed by atoms with van der Waals surface area (Å²) < 4.78 is 0. The van der Waals surface area contributed by atoms with Crippen LogP contribution in [-0.2, 0) is 0 Å². The van der Waals surface area contributed by atoms with E-state index >= 15 is 0 Å². The number of nitro benzene ring substituents is 1. The van der Waals surface area contributed by atoms with Crippen LogP contribution in [0.15, 0.2) is 30.3 Å². The van der Waals surface area contributed by atoms with Gasteiger partial charge in [-0.2, -0.15) is 0 Å². The summed E-state index contributed by atoms with van der Waals surface area (Å²) in [4.78, 5) is 12.6. The lowest BCUT2D eigenvalue weighted by molar-refractivity contribution is -0.385. The Bertz CT molecular complexity index is 506. The van der Waals surface area contributed by atoms with E-state index in [2.05, 4.69) is 20.8 Å². The van der Waals surface area contributed by atoms with Crippen molar-refractivity contribution in [2.45, 2.75) is 26.8 Å². The summed E-state index contributed by atoms with van der Waals surface area (Å²) in [5.74, 6) is 0. The fourth-order valence-corrected chi connectivity index (χ4v) is 2.34. The van der Waals surface area contributed by atoms with Crippen molar-refractivity contribution in [3.63, 3.8) is 0 Å². The Kier molecular flexibility index (Phi) is 6.05. The fourth-order valence-electron chi connectivity index (χ4n) is 2.34. The Morgan fingerprint density at radius 3 is 2.52 bits per heavy atom. The number of hydrogen-bond donors (Lipinski definition) is 1. The first-order valence-electron chi connectivity index (χ1n) is 6.98. The molecule has 0 radical (unpaired) electrons. The molecule has 0 aliphatic carbocycles. The molecule has 1 N–H and O–H groups in total. The molecule has 0 fully saturated rings. The number of nitrogens with zero attached hydrogens (tertiary/aromatic N) is 2. The van der Waals surface area contributed by atoms with Crippen molar-refractivity contribution in [1.82, 2.24) is 4.90 Å². The van der Waals surface area contributed by atoms with Crippen LogP contribution in [0, 0.1) is 15.5 Å². The molecule has 1 rings (SSSR count). The molecule has 5 heteroatoms. The van der Waals surface area contributed by atoms with Gasteiger partial charge in [-0.3, -0.25) is 15.0 Å². The lowest BCUT2D eigenvalue weighted by Gasteiger charge is -2.36. The Morgan fingerprint density at radius 2 is 2.00 bits per heavy atom. The zero-order valence-corrected chi connectivity index (χ0v) is 13.1. The summed E-state index contributed by atoms with van der Waals surface area (Å²) in [6.45, 7) is 6.94. The van der Waals surface area contributed by atoms with Gasteiger partial charge in [-0.25, -0.2) is 0 Å². The quantitative estimate of drug-likeness (QED) is 0.646.